The largest absolute Gasteiger partial charge is 0.337 e. The van der Waals surface area contributed by atoms with Gasteiger partial charge in [-0.2, -0.15) is 15.1 Å². The number of carbonyl (C=O) groups is 1. The van der Waals surface area contributed by atoms with Gasteiger partial charge in [0.1, 0.15) is 11.2 Å². The highest BCUT2D eigenvalue weighted by Gasteiger charge is 2.38. The predicted octanol–water partition coefficient (Wildman–Crippen LogP) is 2.96. The summed E-state index contributed by atoms with van der Waals surface area (Å²) in [5.74, 6) is 0.289. The first-order chi connectivity index (χ1) is 12.2. The molecule has 7 nitrogen and oxygen atoms in total. The summed E-state index contributed by atoms with van der Waals surface area (Å²) in [4.78, 5) is 26.8. The standard InChI is InChI=1S/C16H14N6OS2/c1-3-8-22-13(23)12(25-16(22)19-15-17-9-18-20-15)14-21(2)10-6-4-5-7-11(10)24-14/h3-7,9H,1,8H2,2H3,(H,17,18,20)/b14-12-,19-16?. The van der Waals surface area contributed by atoms with Crippen LogP contribution in [0.25, 0.3) is 0 Å². The van der Waals surface area contributed by atoms with Crippen molar-refractivity contribution in [3.05, 3.63) is 53.2 Å². The molecular weight excluding hydrogens is 356 g/mol. The number of fused-ring (bicyclic) bond motifs is 1. The van der Waals surface area contributed by atoms with Crippen LogP contribution in [0.15, 0.2) is 63.1 Å². The van der Waals surface area contributed by atoms with E-state index in [9.17, 15) is 4.79 Å². The second-order valence-electron chi connectivity index (χ2n) is 5.27. The number of hydrogen-bond acceptors (Lipinski definition) is 7. The highest BCUT2D eigenvalue weighted by Crippen LogP contribution is 2.49. The number of benzene rings is 1. The molecule has 1 fully saturated rings. The first-order valence-electron chi connectivity index (χ1n) is 7.48. The van der Waals surface area contributed by atoms with Crippen LogP contribution < -0.4 is 4.90 Å². The molecule has 0 unspecified atom stereocenters. The number of H-pyrrole nitrogens is 1. The lowest BCUT2D eigenvalue weighted by atomic mass is 10.3. The molecule has 1 amide bonds. The zero-order valence-electron chi connectivity index (χ0n) is 13.3. The Bertz CT molecular complexity index is 905. The lowest BCUT2D eigenvalue weighted by Crippen LogP contribution is -2.29. The molecule has 3 heterocycles. The van der Waals surface area contributed by atoms with E-state index in [1.54, 1.807) is 22.7 Å². The third-order valence-corrected chi connectivity index (χ3v) is 6.14. The number of hydrogen-bond donors (Lipinski definition) is 1. The van der Waals surface area contributed by atoms with Crippen LogP contribution in [0, 0.1) is 0 Å². The summed E-state index contributed by atoms with van der Waals surface area (Å²) in [6.45, 7) is 4.12. The van der Waals surface area contributed by atoms with Crippen LogP contribution in [-0.4, -0.2) is 44.7 Å². The number of carbonyl (C=O) groups excluding carboxylic acids is 1. The summed E-state index contributed by atoms with van der Waals surface area (Å²) >= 11 is 2.94. The number of nitrogens with one attached hydrogen (secondary N) is 1. The highest BCUT2D eigenvalue weighted by atomic mass is 32.2. The number of amidine groups is 1. The summed E-state index contributed by atoms with van der Waals surface area (Å²) in [7, 11) is 1.97. The van der Waals surface area contributed by atoms with Crippen molar-refractivity contribution in [2.24, 2.45) is 4.99 Å². The predicted molar refractivity (Wildman–Crippen MR) is 101 cm³/mol. The number of anilines is 1. The second kappa shape index (κ2) is 6.41. The molecule has 0 spiro atoms. The Morgan fingerprint density at radius 3 is 2.92 bits per heavy atom. The Morgan fingerprint density at radius 1 is 1.36 bits per heavy atom. The fourth-order valence-corrected chi connectivity index (χ4v) is 4.89. The molecule has 9 heteroatoms. The zero-order chi connectivity index (χ0) is 17.4. The Hall–Kier alpha value is -2.52. The topological polar surface area (TPSA) is 77.5 Å². The minimum atomic E-state index is -0.0784. The first kappa shape index (κ1) is 16.0. The van der Waals surface area contributed by atoms with Crippen molar-refractivity contribution in [1.82, 2.24) is 20.1 Å². The van der Waals surface area contributed by atoms with Crippen LogP contribution >= 0.6 is 23.5 Å². The number of rotatable bonds is 3. The van der Waals surface area contributed by atoms with Crippen LogP contribution in [0.3, 0.4) is 0 Å². The van der Waals surface area contributed by atoms with Gasteiger partial charge >= 0.3 is 0 Å². The molecule has 0 saturated carbocycles. The van der Waals surface area contributed by atoms with Gasteiger partial charge in [0.25, 0.3) is 5.91 Å². The molecule has 0 radical (unpaired) electrons. The smallest absolute Gasteiger partial charge is 0.269 e. The maximum Gasteiger partial charge on any atom is 0.269 e. The number of nitrogens with zero attached hydrogens (tertiary/aromatic N) is 5. The Labute approximate surface area is 152 Å². The second-order valence-corrected chi connectivity index (χ2v) is 7.28. The van der Waals surface area contributed by atoms with E-state index in [-0.39, 0.29) is 5.91 Å². The van der Waals surface area contributed by atoms with Gasteiger partial charge in [-0.3, -0.25) is 9.69 Å². The van der Waals surface area contributed by atoms with Crippen molar-refractivity contribution < 1.29 is 4.79 Å². The summed E-state index contributed by atoms with van der Waals surface area (Å²) in [5.41, 5.74) is 1.10. The fourth-order valence-electron chi connectivity index (χ4n) is 2.55. The van der Waals surface area contributed by atoms with E-state index in [0.29, 0.717) is 22.6 Å². The van der Waals surface area contributed by atoms with E-state index in [1.165, 1.54) is 18.1 Å². The number of para-hydroxylation sites is 1. The SMILES string of the molecule is C=CCN1C(=O)/C(=C2/Sc3ccccc3N2C)SC1=Nc1ncn[nH]1. The monoisotopic (exact) mass is 370 g/mol. The van der Waals surface area contributed by atoms with Crippen LogP contribution in [0.5, 0.6) is 0 Å². The molecule has 0 aliphatic carbocycles. The van der Waals surface area contributed by atoms with Crippen molar-refractivity contribution in [3.8, 4) is 0 Å². The van der Waals surface area contributed by atoms with Gasteiger partial charge < -0.3 is 4.90 Å². The Kier molecular flexibility index (Phi) is 4.10. The molecule has 4 rings (SSSR count). The number of aromatic nitrogens is 3. The number of aliphatic imine (C=N–C) groups is 1. The van der Waals surface area contributed by atoms with Crippen LogP contribution in [0.1, 0.15) is 0 Å². The molecule has 2 aromatic rings. The van der Waals surface area contributed by atoms with Gasteiger partial charge in [-0.25, -0.2) is 5.10 Å². The lowest BCUT2D eigenvalue weighted by Gasteiger charge is -2.15. The molecule has 2 aliphatic rings. The summed E-state index contributed by atoms with van der Waals surface area (Å²) in [6.07, 6.45) is 3.07. The third kappa shape index (κ3) is 2.75. The molecule has 1 aromatic heterocycles. The average molecular weight is 370 g/mol. The van der Waals surface area contributed by atoms with Crippen molar-refractivity contribution in [3.63, 3.8) is 0 Å². The maximum absolute atomic E-state index is 13.0. The number of thioether (sulfide) groups is 2. The number of aromatic amines is 1. The number of amides is 1. The van der Waals surface area contributed by atoms with E-state index in [4.69, 9.17) is 0 Å². The van der Waals surface area contributed by atoms with Crippen LogP contribution in [-0.2, 0) is 4.79 Å². The van der Waals surface area contributed by atoms with Crippen LogP contribution in [0.4, 0.5) is 11.6 Å². The van der Waals surface area contributed by atoms with E-state index >= 15 is 0 Å². The lowest BCUT2D eigenvalue weighted by molar-refractivity contribution is -0.121. The van der Waals surface area contributed by atoms with E-state index < -0.39 is 0 Å². The van der Waals surface area contributed by atoms with E-state index in [0.717, 1.165) is 15.6 Å². The highest BCUT2D eigenvalue weighted by molar-refractivity contribution is 8.19. The Balaban J connectivity index is 1.74. The van der Waals surface area contributed by atoms with Gasteiger partial charge in [-0.15, -0.1) is 6.58 Å². The minimum Gasteiger partial charge on any atom is -0.337 e. The average Bonchev–Trinajstić information content (AvgIpc) is 3.31. The minimum absolute atomic E-state index is 0.0784. The molecule has 2 aliphatic heterocycles. The van der Waals surface area contributed by atoms with Gasteiger partial charge in [-0.1, -0.05) is 30.0 Å². The normalized spacial score (nSPS) is 21.3. The molecule has 126 valence electrons. The molecule has 1 saturated heterocycles. The zero-order valence-corrected chi connectivity index (χ0v) is 15.0. The van der Waals surface area contributed by atoms with Crippen molar-refractivity contribution in [2.45, 2.75) is 4.90 Å². The van der Waals surface area contributed by atoms with Crippen molar-refractivity contribution >= 4 is 46.2 Å². The molecule has 0 bridgehead atoms. The summed E-state index contributed by atoms with van der Waals surface area (Å²) in [6, 6.07) is 8.09. The van der Waals surface area contributed by atoms with Gasteiger partial charge in [0.05, 0.1) is 10.7 Å². The van der Waals surface area contributed by atoms with Gasteiger partial charge in [0, 0.05) is 18.5 Å². The maximum atomic E-state index is 13.0. The quantitative estimate of drug-likeness (QED) is 0.661. The molecular formula is C16H14N6OS2. The summed E-state index contributed by atoms with van der Waals surface area (Å²) < 4.78 is 0. The van der Waals surface area contributed by atoms with Gasteiger partial charge in [0.15, 0.2) is 5.17 Å². The molecule has 1 N–H and O–H groups in total. The first-order valence-corrected chi connectivity index (χ1v) is 9.12. The van der Waals surface area contributed by atoms with Gasteiger partial charge in [-0.05, 0) is 23.9 Å². The van der Waals surface area contributed by atoms with Crippen molar-refractivity contribution in [1.29, 1.82) is 0 Å². The molecule has 1 aromatic carbocycles. The molecule has 25 heavy (non-hydrogen) atoms. The van der Waals surface area contributed by atoms with Gasteiger partial charge in [0.2, 0.25) is 5.95 Å². The van der Waals surface area contributed by atoms with Crippen LogP contribution in [0.2, 0.25) is 0 Å². The van der Waals surface area contributed by atoms with Crippen molar-refractivity contribution in [2.75, 3.05) is 18.5 Å². The third-order valence-electron chi connectivity index (χ3n) is 3.71. The molecule has 0 atom stereocenters. The summed E-state index contributed by atoms with van der Waals surface area (Å²) in [5, 5.41) is 7.96. The Morgan fingerprint density at radius 2 is 2.20 bits per heavy atom. The van der Waals surface area contributed by atoms with E-state index in [2.05, 4.69) is 32.8 Å². The van der Waals surface area contributed by atoms with E-state index in [1.807, 2.05) is 30.1 Å². The fraction of sp³-hybridized carbons (Fsp3) is 0.125.